The molecule has 1 aliphatic carbocycles. The van der Waals surface area contributed by atoms with E-state index in [2.05, 4.69) is 18.7 Å². The zero-order valence-electron chi connectivity index (χ0n) is 15.9. The van der Waals surface area contributed by atoms with Crippen LogP contribution in [0.25, 0.3) is 0 Å². The van der Waals surface area contributed by atoms with Crippen molar-refractivity contribution in [2.45, 2.75) is 30.6 Å². The number of rotatable bonds is 3. The fourth-order valence-electron chi connectivity index (χ4n) is 4.44. The topological polar surface area (TPSA) is 73.9 Å². The third kappa shape index (κ3) is 3.19. The van der Waals surface area contributed by atoms with Crippen molar-refractivity contribution in [1.82, 2.24) is 0 Å². The van der Waals surface area contributed by atoms with Gasteiger partial charge in [-0.15, -0.1) is 0 Å². The maximum absolute atomic E-state index is 13.3. The summed E-state index contributed by atoms with van der Waals surface area (Å²) in [6.45, 7) is 4.12. The van der Waals surface area contributed by atoms with Gasteiger partial charge in [-0.3, -0.25) is 4.79 Å². The Hall–Kier alpha value is -3.37. The molecule has 0 N–H and O–H groups in total. The summed E-state index contributed by atoms with van der Waals surface area (Å²) < 4.78 is 5.29. The Morgan fingerprint density at radius 3 is 2.14 bits per heavy atom. The monoisotopic (exact) mass is 370 g/mol. The van der Waals surface area contributed by atoms with E-state index in [0.29, 0.717) is 12.0 Å². The Labute approximate surface area is 165 Å². The van der Waals surface area contributed by atoms with Gasteiger partial charge in [0.15, 0.2) is 0 Å². The van der Waals surface area contributed by atoms with Gasteiger partial charge in [0.2, 0.25) is 0 Å². The lowest BCUT2D eigenvalue weighted by molar-refractivity contribution is -0.148. The largest absolute Gasteiger partial charge is 0.468 e. The molecule has 140 valence electrons. The number of carbonyl (C=O) groups excluding carboxylic acids is 1. The molecule has 4 nitrogen and oxygen atoms in total. The molecule has 1 aliphatic rings. The van der Waals surface area contributed by atoms with Crippen LogP contribution >= 0.6 is 0 Å². The highest BCUT2D eigenvalue weighted by Gasteiger charge is 2.54. The minimum absolute atomic E-state index is 0.229. The average Bonchev–Trinajstić information content (AvgIpc) is 2.89. The molecular formula is C24H22N2O2. The molecule has 0 spiro atoms. The van der Waals surface area contributed by atoms with Crippen LogP contribution in [0.3, 0.4) is 0 Å². The quantitative estimate of drug-likeness (QED) is 0.448. The van der Waals surface area contributed by atoms with E-state index in [0.717, 1.165) is 11.1 Å². The van der Waals surface area contributed by atoms with E-state index in [-0.39, 0.29) is 18.8 Å². The Bertz CT molecular complexity index is 940. The zero-order chi connectivity index (χ0) is 20.2. The highest BCUT2D eigenvalue weighted by molar-refractivity contribution is 5.85. The first-order valence-electron chi connectivity index (χ1n) is 9.19. The van der Waals surface area contributed by atoms with Gasteiger partial charge in [0.05, 0.1) is 19.2 Å². The molecule has 0 bridgehead atoms. The average molecular weight is 370 g/mol. The summed E-state index contributed by atoms with van der Waals surface area (Å²) in [6, 6.07) is 23.5. The Morgan fingerprint density at radius 1 is 1.04 bits per heavy atom. The molecule has 28 heavy (non-hydrogen) atoms. The number of hydrogen-bond acceptors (Lipinski definition) is 4. The molecule has 1 fully saturated rings. The van der Waals surface area contributed by atoms with E-state index in [1.165, 1.54) is 7.11 Å². The van der Waals surface area contributed by atoms with Crippen molar-refractivity contribution in [2.75, 3.05) is 7.11 Å². The summed E-state index contributed by atoms with van der Waals surface area (Å²) in [6.07, 6.45) is 0.802. The van der Waals surface area contributed by atoms with E-state index in [9.17, 15) is 15.3 Å². The summed E-state index contributed by atoms with van der Waals surface area (Å²) in [5.74, 6) is -0.775. The summed E-state index contributed by atoms with van der Waals surface area (Å²) in [4.78, 5) is 13.3. The normalized spacial score (nSPS) is 23.7. The molecule has 2 atom stereocenters. The number of carbonyl (C=O) groups is 1. The van der Waals surface area contributed by atoms with Crippen molar-refractivity contribution in [3.8, 4) is 12.1 Å². The van der Waals surface area contributed by atoms with E-state index in [1.54, 1.807) is 0 Å². The predicted molar refractivity (Wildman–Crippen MR) is 106 cm³/mol. The molecule has 4 heteroatoms. The Balaban J connectivity index is 2.33. The second-order valence-electron chi connectivity index (χ2n) is 7.41. The smallest absolute Gasteiger partial charge is 0.317 e. The molecule has 2 aromatic carbocycles. The zero-order valence-corrected chi connectivity index (χ0v) is 15.9. The van der Waals surface area contributed by atoms with Gasteiger partial charge in [0, 0.05) is 5.92 Å². The fourth-order valence-corrected chi connectivity index (χ4v) is 4.44. The van der Waals surface area contributed by atoms with Gasteiger partial charge >= 0.3 is 5.97 Å². The molecular weight excluding hydrogens is 348 g/mol. The highest BCUT2D eigenvalue weighted by atomic mass is 16.5. The number of nitriles is 2. The number of allylic oxidation sites excluding steroid dienone is 1. The molecule has 1 saturated carbocycles. The van der Waals surface area contributed by atoms with E-state index in [1.807, 2.05) is 60.7 Å². The minimum atomic E-state index is -1.23. The third-order valence-corrected chi connectivity index (χ3v) is 5.70. The third-order valence-electron chi connectivity index (χ3n) is 5.70. The number of hydrogen-bond donors (Lipinski definition) is 0. The lowest BCUT2D eigenvalue weighted by Crippen LogP contribution is -2.43. The van der Waals surface area contributed by atoms with Crippen molar-refractivity contribution in [1.29, 1.82) is 10.5 Å². The highest BCUT2D eigenvalue weighted by Crippen LogP contribution is 2.54. The maximum atomic E-state index is 13.3. The fraction of sp³-hybridized carbons (Fsp3) is 0.292. The molecule has 0 aliphatic heterocycles. The van der Waals surface area contributed by atoms with E-state index < -0.39 is 16.7 Å². The maximum Gasteiger partial charge on any atom is 0.317 e. The second-order valence-corrected chi connectivity index (χ2v) is 7.41. The van der Waals surface area contributed by atoms with Gasteiger partial charge in [0.1, 0.15) is 10.8 Å². The molecule has 2 aromatic rings. The van der Waals surface area contributed by atoms with E-state index in [4.69, 9.17) is 4.74 Å². The summed E-state index contributed by atoms with van der Waals surface area (Å²) >= 11 is 0. The molecule has 3 rings (SSSR count). The first kappa shape index (κ1) is 19.4. The second kappa shape index (κ2) is 7.71. The van der Waals surface area contributed by atoms with Crippen molar-refractivity contribution in [3.63, 3.8) is 0 Å². The van der Waals surface area contributed by atoms with Crippen LogP contribution in [0, 0.1) is 28.1 Å². The number of benzene rings is 2. The van der Waals surface area contributed by atoms with Gasteiger partial charge < -0.3 is 4.74 Å². The molecule has 0 unspecified atom stereocenters. The van der Waals surface area contributed by atoms with Crippen molar-refractivity contribution in [3.05, 3.63) is 83.9 Å². The van der Waals surface area contributed by atoms with Crippen LogP contribution in [0.15, 0.2) is 72.8 Å². The van der Waals surface area contributed by atoms with Crippen LogP contribution in [0.5, 0.6) is 0 Å². The summed E-state index contributed by atoms with van der Waals surface area (Å²) in [5, 5.41) is 19.7. The van der Waals surface area contributed by atoms with Crippen LogP contribution in [-0.4, -0.2) is 13.1 Å². The lowest BCUT2D eigenvalue weighted by atomic mass is 9.63. The standard InChI is InChI=1S/C24H22N2O2/c1-18-13-23(16-25,17-26)15-21(19-9-5-3-6-10-19)24(14-18,22(27)28-2)20-11-7-4-8-12-20/h3-12,21H,1,13-15H2,2H3/t21-,24-/m0/s1. The van der Waals surface area contributed by atoms with Gasteiger partial charge in [-0.1, -0.05) is 72.8 Å². The first-order valence-corrected chi connectivity index (χ1v) is 9.19. The van der Waals surface area contributed by atoms with Crippen molar-refractivity contribution in [2.24, 2.45) is 5.41 Å². The summed E-state index contributed by atoms with van der Waals surface area (Å²) in [7, 11) is 1.38. The number of methoxy groups -OCH3 is 1. The van der Waals surface area contributed by atoms with Crippen LogP contribution in [0.1, 0.15) is 36.3 Å². The van der Waals surface area contributed by atoms with Crippen LogP contribution in [0.2, 0.25) is 0 Å². The van der Waals surface area contributed by atoms with Crippen LogP contribution in [0.4, 0.5) is 0 Å². The van der Waals surface area contributed by atoms with Crippen molar-refractivity contribution < 1.29 is 9.53 Å². The van der Waals surface area contributed by atoms with Crippen molar-refractivity contribution >= 4 is 5.97 Å². The molecule has 0 amide bonds. The van der Waals surface area contributed by atoms with Gasteiger partial charge in [-0.2, -0.15) is 10.5 Å². The Kier molecular flexibility index (Phi) is 5.34. The van der Waals surface area contributed by atoms with Gasteiger partial charge in [-0.05, 0) is 30.4 Å². The number of esters is 1. The SMILES string of the molecule is C=C1CC(C#N)(C#N)C[C@@H](c2ccccc2)[C@@](C(=O)OC)(c2ccccc2)C1. The number of nitrogens with zero attached hydrogens (tertiary/aromatic N) is 2. The van der Waals surface area contributed by atoms with Gasteiger partial charge in [-0.25, -0.2) is 0 Å². The Morgan fingerprint density at radius 2 is 1.61 bits per heavy atom. The molecule has 0 saturated heterocycles. The summed E-state index contributed by atoms with van der Waals surface area (Å²) in [5.41, 5.74) is 0.132. The minimum Gasteiger partial charge on any atom is -0.468 e. The lowest BCUT2D eigenvalue weighted by Gasteiger charge is -2.39. The predicted octanol–water partition coefficient (Wildman–Crippen LogP) is 4.65. The molecule has 0 radical (unpaired) electrons. The number of ether oxygens (including phenoxy) is 1. The molecule has 0 aromatic heterocycles. The first-order chi connectivity index (χ1) is 13.5. The molecule has 0 heterocycles. The van der Waals surface area contributed by atoms with Crippen LogP contribution in [-0.2, 0) is 14.9 Å². The van der Waals surface area contributed by atoms with Gasteiger partial charge in [0.25, 0.3) is 0 Å². The van der Waals surface area contributed by atoms with E-state index >= 15 is 0 Å². The van der Waals surface area contributed by atoms with Crippen LogP contribution < -0.4 is 0 Å².